The quantitative estimate of drug-likeness (QED) is 0.852. The molecule has 1 aromatic carbocycles. The van der Waals surface area contributed by atoms with Gasteiger partial charge in [0.05, 0.1) is 5.41 Å². The SMILES string of the molecule is Cc1cccc(OCC(C)(C)C(=O)O)c1C. The first-order valence-corrected chi connectivity index (χ1v) is 5.27. The van der Waals surface area contributed by atoms with E-state index in [0.717, 1.165) is 16.9 Å². The Morgan fingerprint density at radius 1 is 1.38 bits per heavy atom. The van der Waals surface area contributed by atoms with E-state index in [1.54, 1.807) is 13.8 Å². The number of benzene rings is 1. The van der Waals surface area contributed by atoms with Crippen LogP contribution in [-0.2, 0) is 4.79 Å². The van der Waals surface area contributed by atoms with Gasteiger partial charge in [-0.1, -0.05) is 12.1 Å². The summed E-state index contributed by atoms with van der Waals surface area (Å²) >= 11 is 0. The van der Waals surface area contributed by atoms with E-state index in [2.05, 4.69) is 0 Å². The Hall–Kier alpha value is -1.51. The van der Waals surface area contributed by atoms with Gasteiger partial charge in [-0.2, -0.15) is 0 Å². The second kappa shape index (κ2) is 4.56. The predicted molar refractivity (Wildman–Crippen MR) is 62.8 cm³/mol. The van der Waals surface area contributed by atoms with E-state index in [1.807, 2.05) is 32.0 Å². The topological polar surface area (TPSA) is 46.5 Å². The lowest BCUT2D eigenvalue weighted by molar-refractivity contribution is -0.148. The zero-order valence-electron chi connectivity index (χ0n) is 10.2. The smallest absolute Gasteiger partial charge is 0.312 e. The number of carboxylic acids is 1. The van der Waals surface area contributed by atoms with Gasteiger partial charge in [-0.05, 0) is 44.9 Å². The van der Waals surface area contributed by atoms with Gasteiger partial charge in [-0.25, -0.2) is 0 Å². The minimum Gasteiger partial charge on any atom is -0.492 e. The summed E-state index contributed by atoms with van der Waals surface area (Å²) in [6, 6.07) is 5.77. The van der Waals surface area contributed by atoms with E-state index in [1.165, 1.54) is 0 Å². The maximum atomic E-state index is 10.9. The molecule has 0 aromatic heterocycles. The molecule has 3 heteroatoms. The Morgan fingerprint density at radius 2 is 2.00 bits per heavy atom. The highest BCUT2D eigenvalue weighted by Crippen LogP contribution is 2.23. The molecule has 3 nitrogen and oxygen atoms in total. The van der Waals surface area contributed by atoms with Gasteiger partial charge >= 0.3 is 5.97 Å². The molecule has 1 aromatic rings. The molecule has 0 bridgehead atoms. The summed E-state index contributed by atoms with van der Waals surface area (Å²) < 4.78 is 5.56. The second-order valence-corrected chi connectivity index (χ2v) is 4.68. The lowest BCUT2D eigenvalue weighted by Gasteiger charge is -2.20. The molecular weight excluding hydrogens is 204 g/mol. The van der Waals surface area contributed by atoms with Gasteiger partial charge in [-0.3, -0.25) is 4.79 Å². The minimum absolute atomic E-state index is 0.173. The van der Waals surface area contributed by atoms with Crippen LogP contribution >= 0.6 is 0 Å². The van der Waals surface area contributed by atoms with E-state index in [0.29, 0.717) is 0 Å². The van der Waals surface area contributed by atoms with Gasteiger partial charge < -0.3 is 9.84 Å². The lowest BCUT2D eigenvalue weighted by atomic mass is 9.95. The predicted octanol–water partition coefficient (Wildman–Crippen LogP) is 2.79. The maximum Gasteiger partial charge on any atom is 0.312 e. The first-order valence-electron chi connectivity index (χ1n) is 5.27. The molecule has 0 unspecified atom stereocenters. The van der Waals surface area contributed by atoms with Crippen LogP contribution in [0.4, 0.5) is 0 Å². The summed E-state index contributed by atoms with van der Waals surface area (Å²) in [6.07, 6.45) is 0. The minimum atomic E-state index is -0.865. The number of ether oxygens (including phenoxy) is 1. The lowest BCUT2D eigenvalue weighted by Crippen LogP contribution is -2.30. The number of carbonyl (C=O) groups is 1. The van der Waals surface area contributed by atoms with E-state index in [4.69, 9.17) is 9.84 Å². The van der Waals surface area contributed by atoms with Crippen LogP contribution in [-0.4, -0.2) is 17.7 Å². The fourth-order valence-electron chi connectivity index (χ4n) is 1.20. The van der Waals surface area contributed by atoms with Crippen molar-refractivity contribution < 1.29 is 14.6 Å². The van der Waals surface area contributed by atoms with Crippen molar-refractivity contribution in [1.29, 1.82) is 0 Å². The zero-order chi connectivity index (χ0) is 12.3. The molecule has 0 spiro atoms. The number of aryl methyl sites for hydroxylation is 1. The summed E-state index contributed by atoms with van der Waals surface area (Å²) in [5, 5.41) is 8.96. The number of hydrogen-bond acceptors (Lipinski definition) is 2. The van der Waals surface area contributed by atoms with Crippen LogP contribution in [0.15, 0.2) is 18.2 Å². The Kier molecular flexibility index (Phi) is 3.58. The van der Waals surface area contributed by atoms with Crippen molar-refractivity contribution in [2.45, 2.75) is 27.7 Å². The summed E-state index contributed by atoms with van der Waals surface area (Å²) in [4.78, 5) is 10.9. The van der Waals surface area contributed by atoms with Crippen molar-refractivity contribution in [3.8, 4) is 5.75 Å². The summed E-state index contributed by atoms with van der Waals surface area (Å²) in [7, 11) is 0. The highest BCUT2D eigenvalue weighted by molar-refractivity contribution is 5.73. The summed E-state index contributed by atoms with van der Waals surface area (Å²) in [6.45, 7) is 7.45. The average Bonchev–Trinajstić information content (AvgIpc) is 2.20. The van der Waals surface area contributed by atoms with Crippen molar-refractivity contribution in [3.63, 3.8) is 0 Å². The molecule has 0 aliphatic rings. The Balaban J connectivity index is 2.76. The van der Waals surface area contributed by atoms with E-state index < -0.39 is 11.4 Å². The monoisotopic (exact) mass is 222 g/mol. The largest absolute Gasteiger partial charge is 0.492 e. The maximum absolute atomic E-state index is 10.9. The van der Waals surface area contributed by atoms with E-state index >= 15 is 0 Å². The molecule has 0 fully saturated rings. The van der Waals surface area contributed by atoms with Crippen molar-refractivity contribution in [2.75, 3.05) is 6.61 Å². The van der Waals surface area contributed by atoms with Gasteiger partial charge in [0.2, 0.25) is 0 Å². The van der Waals surface area contributed by atoms with Crippen LogP contribution in [0.2, 0.25) is 0 Å². The van der Waals surface area contributed by atoms with Crippen LogP contribution in [0.1, 0.15) is 25.0 Å². The molecule has 0 heterocycles. The summed E-state index contributed by atoms with van der Waals surface area (Å²) in [5.41, 5.74) is 1.34. The zero-order valence-corrected chi connectivity index (χ0v) is 10.2. The van der Waals surface area contributed by atoms with Crippen LogP contribution in [0.25, 0.3) is 0 Å². The fraction of sp³-hybridized carbons (Fsp3) is 0.462. The normalized spacial score (nSPS) is 11.2. The first-order chi connectivity index (χ1) is 7.34. The van der Waals surface area contributed by atoms with Crippen molar-refractivity contribution in [3.05, 3.63) is 29.3 Å². The van der Waals surface area contributed by atoms with E-state index in [-0.39, 0.29) is 6.61 Å². The van der Waals surface area contributed by atoms with Crippen LogP contribution < -0.4 is 4.74 Å². The Morgan fingerprint density at radius 3 is 2.56 bits per heavy atom. The molecule has 0 atom stereocenters. The Bertz CT molecular complexity index is 394. The molecule has 16 heavy (non-hydrogen) atoms. The summed E-state index contributed by atoms with van der Waals surface area (Å²) in [5.74, 6) is -0.0906. The van der Waals surface area contributed by atoms with Gasteiger partial charge in [0.15, 0.2) is 0 Å². The number of carboxylic acid groups (broad SMARTS) is 1. The average molecular weight is 222 g/mol. The Labute approximate surface area is 96.1 Å². The molecule has 88 valence electrons. The molecule has 0 aliphatic heterocycles. The number of hydrogen-bond donors (Lipinski definition) is 1. The third-order valence-corrected chi connectivity index (χ3v) is 2.72. The standard InChI is InChI=1S/C13H18O3/c1-9-6-5-7-11(10(9)2)16-8-13(3,4)12(14)15/h5-7H,8H2,1-4H3,(H,14,15). The number of rotatable bonds is 4. The van der Waals surface area contributed by atoms with Crippen LogP contribution in [0.3, 0.4) is 0 Å². The van der Waals surface area contributed by atoms with Crippen LogP contribution in [0.5, 0.6) is 5.75 Å². The van der Waals surface area contributed by atoms with Gasteiger partial charge in [0.1, 0.15) is 12.4 Å². The van der Waals surface area contributed by atoms with Crippen molar-refractivity contribution in [1.82, 2.24) is 0 Å². The first kappa shape index (κ1) is 12.6. The third kappa shape index (κ3) is 2.75. The van der Waals surface area contributed by atoms with Gasteiger partial charge in [0.25, 0.3) is 0 Å². The highest BCUT2D eigenvalue weighted by Gasteiger charge is 2.28. The molecule has 0 saturated carbocycles. The fourth-order valence-corrected chi connectivity index (χ4v) is 1.20. The third-order valence-electron chi connectivity index (χ3n) is 2.72. The molecule has 1 N–H and O–H groups in total. The van der Waals surface area contributed by atoms with Gasteiger partial charge in [0, 0.05) is 0 Å². The highest BCUT2D eigenvalue weighted by atomic mass is 16.5. The molecular formula is C13H18O3. The van der Waals surface area contributed by atoms with Crippen molar-refractivity contribution in [2.24, 2.45) is 5.41 Å². The molecule has 1 rings (SSSR count). The van der Waals surface area contributed by atoms with Gasteiger partial charge in [-0.15, -0.1) is 0 Å². The molecule has 0 aliphatic carbocycles. The molecule has 0 amide bonds. The van der Waals surface area contributed by atoms with E-state index in [9.17, 15) is 4.79 Å². The van der Waals surface area contributed by atoms with Crippen molar-refractivity contribution >= 4 is 5.97 Å². The molecule has 0 saturated heterocycles. The molecule has 0 radical (unpaired) electrons. The number of aliphatic carboxylic acids is 1. The van der Waals surface area contributed by atoms with Crippen LogP contribution in [0, 0.1) is 19.3 Å². The second-order valence-electron chi connectivity index (χ2n) is 4.68.